The maximum absolute atomic E-state index is 13.2. The van der Waals surface area contributed by atoms with Crippen molar-refractivity contribution in [3.8, 4) is 0 Å². The van der Waals surface area contributed by atoms with Crippen LogP contribution in [0.25, 0.3) is 0 Å². The van der Waals surface area contributed by atoms with Crippen LogP contribution in [0.15, 0.2) is 78.0 Å². The van der Waals surface area contributed by atoms with Crippen LogP contribution < -0.4 is 9.62 Å². The summed E-state index contributed by atoms with van der Waals surface area (Å²) in [5.41, 5.74) is 2.94. The Morgan fingerprint density at radius 1 is 1.07 bits per heavy atom. The van der Waals surface area contributed by atoms with Gasteiger partial charge in [0.05, 0.1) is 16.6 Å². The Kier molecular flexibility index (Phi) is 5.07. The number of anilines is 1. The predicted molar refractivity (Wildman–Crippen MR) is 111 cm³/mol. The molecular formula is C22H21N3O3S. The van der Waals surface area contributed by atoms with Gasteiger partial charge < -0.3 is 5.32 Å². The molecule has 1 aliphatic rings. The standard InChI is InChI=1S/C22H21N3O3S/c1-16(17-9-12-23-13-10-17)24-22(26)19-6-4-7-20(15-19)29(27,28)25-14-11-18-5-2-3-8-21(18)25/h2-10,12-13,15-16H,11,14H2,1H3,(H,24,26). The highest BCUT2D eigenvalue weighted by molar-refractivity contribution is 7.92. The van der Waals surface area contributed by atoms with Gasteiger partial charge in [-0.3, -0.25) is 14.1 Å². The molecule has 2 aromatic carbocycles. The van der Waals surface area contributed by atoms with E-state index >= 15 is 0 Å². The highest BCUT2D eigenvalue weighted by atomic mass is 32.2. The second-order valence-electron chi connectivity index (χ2n) is 6.96. The molecule has 2 heterocycles. The average Bonchev–Trinajstić information content (AvgIpc) is 3.19. The van der Waals surface area contributed by atoms with Gasteiger partial charge in [-0.05, 0) is 60.9 Å². The molecule has 1 unspecified atom stereocenters. The first-order valence-corrected chi connectivity index (χ1v) is 10.8. The Hall–Kier alpha value is -3.19. The van der Waals surface area contributed by atoms with E-state index < -0.39 is 10.0 Å². The first kappa shape index (κ1) is 19.1. The number of aromatic nitrogens is 1. The highest BCUT2D eigenvalue weighted by Gasteiger charge is 2.31. The largest absolute Gasteiger partial charge is 0.346 e. The minimum Gasteiger partial charge on any atom is -0.346 e. The van der Waals surface area contributed by atoms with Crippen molar-refractivity contribution in [3.05, 3.63) is 89.7 Å². The van der Waals surface area contributed by atoms with Crippen LogP contribution in [-0.2, 0) is 16.4 Å². The van der Waals surface area contributed by atoms with Gasteiger partial charge in [0.1, 0.15) is 0 Å². The summed E-state index contributed by atoms with van der Waals surface area (Å²) in [5.74, 6) is -0.326. The summed E-state index contributed by atoms with van der Waals surface area (Å²) in [6.45, 7) is 2.27. The van der Waals surface area contributed by atoms with Gasteiger partial charge in [0.15, 0.2) is 0 Å². The average molecular weight is 407 g/mol. The van der Waals surface area contributed by atoms with E-state index in [1.54, 1.807) is 24.5 Å². The number of fused-ring (bicyclic) bond motifs is 1. The van der Waals surface area contributed by atoms with Crippen molar-refractivity contribution in [2.45, 2.75) is 24.3 Å². The summed E-state index contributed by atoms with van der Waals surface area (Å²) in [7, 11) is -3.74. The number of sulfonamides is 1. The van der Waals surface area contributed by atoms with E-state index in [2.05, 4.69) is 10.3 Å². The van der Waals surface area contributed by atoms with E-state index in [9.17, 15) is 13.2 Å². The lowest BCUT2D eigenvalue weighted by Gasteiger charge is -2.20. The number of rotatable bonds is 5. The van der Waals surface area contributed by atoms with Crippen LogP contribution in [0.1, 0.15) is 34.5 Å². The Morgan fingerprint density at radius 2 is 1.83 bits per heavy atom. The molecule has 0 saturated heterocycles. The third-order valence-electron chi connectivity index (χ3n) is 5.08. The molecule has 0 aliphatic carbocycles. The van der Waals surface area contributed by atoms with E-state index in [0.29, 0.717) is 24.2 Å². The van der Waals surface area contributed by atoms with Crippen LogP contribution in [0, 0.1) is 0 Å². The minimum absolute atomic E-state index is 0.110. The summed E-state index contributed by atoms with van der Waals surface area (Å²) < 4.78 is 27.8. The molecular weight excluding hydrogens is 386 g/mol. The van der Waals surface area contributed by atoms with Crippen molar-refractivity contribution in [2.75, 3.05) is 10.8 Å². The van der Waals surface area contributed by atoms with Crippen LogP contribution in [0.3, 0.4) is 0 Å². The number of carbonyl (C=O) groups is 1. The third-order valence-corrected chi connectivity index (χ3v) is 6.89. The molecule has 0 spiro atoms. The van der Waals surface area contributed by atoms with Crippen LogP contribution in [0.4, 0.5) is 5.69 Å². The lowest BCUT2D eigenvalue weighted by Crippen LogP contribution is -2.30. The summed E-state index contributed by atoms with van der Waals surface area (Å²) in [6.07, 6.45) is 4.01. The maximum atomic E-state index is 13.2. The van der Waals surface area contributed by atoms with Crippen LogP contribution in [0.2, 0.25) is 0 Å². The number of hydrogen-bond acceptors (Lipinski definition) is 4. The van der Waals surface area contributed by atoms with Crippen molar-refractivity contribution in [3.63, 3.8) is 0 Å². The van der Waals surface area contributed by atoms with Crippen molar-refractivity contribution in [1.82, 2.24) is 10.3 Å². The molecule has 1 aromatic heterocycles. The van der Waals surface area contributed by atoms with Crippen molar-refractivity contribution >= 4 is 21.6 Å². The number of benzene rings is 2. The number of nitrogens with zero attached hydrogens (tertiary/aromatic N) is 2. The molecule has 1 N–H and O–H groups in total. The second-order valence-corrected chi connectivity index (χ2v) is 8.82. The molecule has 1 amide bonds. The fourth-order valence-electron chi connectivity index (χ4n) is 3.50. The van der Waals surface area contributed by atoms with E-state index in [0.717, 1.165) is 11.1 Å². The highest BCUT2D eigenvalue weighted by Crippen LogP contribution is 2.32. The lowest BCUT2D eigenvalue weighted by atomic mass is 10.1. The lowest BCUT2D eigenvalue weighted by molar-refractivity contribution is 0.0939. The number of amides is 1. The molecule has 148 valence electrons. The van der Waals surface area contributed by atoms with Crippen molar-refractivity contribution < 1.29 is 13.2 Å². The Labute approximate surface area is 170 Å². The molecule has 0 saturated carbocycles. The van der Waals surface area contributed by atoms with Crippen LogP contribution in [-0.4, -0.2) is 25.9 Å². The van der Waals surface area contributed by atoms with Gasteiger partial charge >= 0.3 is 0 Å². The zero-order valence-corrected chi connectivity index (χ0v) is 16.8. The van der Waals surface area contributed by atoms with Crippen LogP contribution >= 0.6 is 0 Å². The quantitative estimate of drug-likeness (QED) is 0.704. The molecule has 1 atom stereocenters. The van der Waals surface area contributed by atoms with Crippen LogP contribution in [0.5, 0.6) is 0 Å². The predicted octanol–water partition coefficient (Wildman–Crippen LogP) is 3.32. The Balaban J connectivity index is 1.58. The first-order valence-electron chi connectivity index (χ1n) is 9.38. The van der Waals surface area contributed by atoms with E-state index in [1.165, 1.54) is 16.4 Å². The van der Waals surface area contributed by atoms with Gasteiger partial charge in [-0.15, -0.1) is 0 Å². The number of para-hydroxylation sites is 1. The second kappa shape index (κ2) is 7.67. The van der Waals surface area contributed by atoms with Gasteiger partial charge in [-0.2, -0.15) is 0 Å². The molecule has 0 bridgehead atoms. The van der Waals surface area contributed by atoms with E-state index in [4.69, 9.17) is 0 Å². The molecule has 7 heteroatoms. The summed E-state index contributed by atoms with van der Waals surface area (Å²) >= 11 is 0. The SMILES string of the molecule is CC(NC(=O)c1cccc(S(=O)(=O)N2CCc3ccccc32)c1)c1ccncc1. The summed E-state index contributed by atoms with van der Waals surface area (Å²) in [6, 6.07) is 17.1. The van der Waals surface area contributed by atoms with E-state index in [-0.39, 0.29) is 16.8 Å². The number of carbonyl (C=O) groups excluding carboxylic acids is 1. The topological polar surface area (TPSA) is 79.4 Å². The molecule has 0 fully saturated rings. The molecule has 1 aliphatic heterocycles. The summed E-state index contributed by atoms with van der Waals surface area (Å²) in [4.78, 5) is 16.8. The van der Waals surface area contributed by atoms with Gasteiger partial charge in [0.2, 0.25) is 0 Å². The number of pyridine rings is 1. The first-order chi connectivity index (χ1) is 14.0. The monoisotopic (exact) mass is 407 g/mol. The van der Waals surface area contributed by atoms with Gasteiger partial charge in [0.25, 0.3) is 15.9 Å². The van der Waals surface area contributed by atoms with E-state index in [1.807, 2.05) is 43.3 Å². The Bertz CT molecular complexity index is 1150. The zero-order valence-electron chi connectivity index (χ0n) is 15.9. The third kappa shape index (κ3) is 3.73. The summed E-state index contributed by atoms with van der Waals surface area (Å²) in [5, 5.41) is 2.90. The van der Waals surface area contributed by atoms with Crippen molar-refractivity contribution in [2.24, 2.45) is 0 Å². The van der Waals surface area contributed by atoms with Gasteiger partial charge in [-0.1, -0.05) is 24.3 Å². The smallest absolute Gasteiger partial charge is 0.264 e. The zero-order chi connectivity index (χ0) is 20.4. The molecule has 0 radical (unpaired) electrons. The number of hydrogen-bond donors (Lipinski definition) is 1. The number of nitrogens with one attached hydrogen (secondary N) is 1. The molecule has 6 nitrogen and oxygen atoms in total. The van der Waals surface area contributed by atoms with Gasteiger partial charge in [0, 0.05) is 24.5 Å². The van der Waals surface area contributed by atoms with Gasteiger partial charge in [-0.25, -0.2) is 8.42 Å². The van der Waals surface area contributed by atoms with Crippen molar-refractivity contribution in [1.29, 1.82) is 0 Å². The normalized spacial score (nSPS) is 14.3. The maximum Gasteiger partial charge on any atom is 0.264 e. The fraction of sp³-hybridized carbons (Fsp3) is 0.182. The molecule has 4 rings (SSSR count). The fourth-order valence-corrected chi connectivity index (χ4v) is 5.05. The molecule has 3 aromatic rings. The Morgan fingerprint density at radius 3 is 2.62 bits per heavy atom. The minimum atomic E-state index is -3.74. The molecule has 29 heavy (non-hydrogen) atoms.